The third kappa shape index (κ3) is 1.39. The van der Waals surface area contributed by atoms with Crippen LogP contribution in [-0.2, 0) is 7.05 Å². The van der Waals surface area contributed by atoms with E-state index in [4.69, 9.17) is 5.73 Å². The SMILES string of the molecule is Cc1nn(C)c2c1nc(N)n2C1CCC(C)C1C. The number of rotatable bonds is 1. The van der Waals surface area contributed by atoms with Gasteiger partial charge in [-0.1, -0.05) is 13.8 Å². The summed E-state index contributed by atoms with van der Waals surface area (Å²) in [5, 5.41) is 4.45. The van der Waals surface area contributed by atoms with Gasteiger partial charge in [-0.15, -0.1) is 0 Å². The van der Waals surface area contributed by atoms with Crippen molar-refractivity contribution in [3.8, 4) is 0 Å². The average Bonchev–Trinajstić information content (AvgIpc) is 2.89. The van der Waals surface area contributed by atoms with Gasteiger partial charge in [-0.05, 0) is 31.6 Å². The lowest BCUT2D eigenvalue weighted by molar-refractivity contribution is 0.358. The van der Waals surface area contributed by atoms with E-state index in [0.29, 0.717) is 17.9 Å². The van der Waals surface area contributed by atoms with E-state index < -0.39 is 0 Å². The quantitative estimate of drug-likeness (QED) is 0.840. The number of nitrogens with two attached hydrogens (primary N) is 1. The van der Waals surface area contributed by atoms with Gasteiger partial charge in [0.2, 0.25) is 5.95 Å². The molecule has 3 atom stereocenters. The third-order valence-corrected chi connectivity index (χ3v) is 4.62. The van der Waals surface area contributed by atoms with E-state index in [0.717, 1.165) is 22.8 Å². The summed E-state index contributed by atoms with van der Waals surface area (Å²) < 4.78 is 4.10. The predicted octanol–water partition coefficient (Wildman–Crippen LogP) is 2.27. The Kier molecular flexibility index (Phi) is 2.40. The highest BCUT2D eigenvalue weighted by atomic mass is 15.4. The second-order valence-electron chi connectivity index (χ2n) is 5.70. The van der Waals surface area contributed by atoms with Gasteiger partial charge in [0.1, 0.15) is 5.52 Å². The van der Waals surface area contributed by atoms with Gasteiger partial charge >= 0.3 is 0 Å². The van der Waals surface area contributed by atoms with Gasteiger partial charge in [-0.2, -0.15) is 5.10 Å². The first-order valence-corrected chi connectivity index (χ1v) is 6.67. The minimum Gasteiger partial charge on any atom is -0.369 e. The van der Waals surface area contributed by atoms with Crippen LogP contribution in [0.4, 0.5) is 5.95 Å². The first-order chi connectivity index (χ1) is 8.50. The molecule has 0 radical (unpaired) electrons. The zero-order valence-corrected chi connectivity index (χ0v) is 11.5. The minimum atomic E-state index is 0.458. The van der Waals surface area contributed by atoms with E-state index in [2.05, 4.69) is 28.5 Å². The fourth-order valence-corrected chi connectivity index (χ4v) is 3.34. The second-order valence-corrected chi connectivity index (χ2v) is 5.70. The van der Waals surface area contributed by atoms with Crippen molar-refractivity contribution >= 4 is 17.1 Å². The molecule has 1 fully saturated rings. The minimum absolute atomic E-state index is 0.458. The monoisotopic (exact) mass is 247 g/mol. The molecule has 1 aliphatic carbocycles. The van der Waals surface area contributed by atoms with Crippen molar-refractivity contribution in [1.29, 1.82) is 0 Å². The summed E-state index contributed by atoms with van der Waals surface area (Å²) in [6.45, 7) is 6.63. The van der Waals surface area contributed by atoms with Gasteiger partial charge in [0.05, 0.1) is 5.69 Å². The Morgan fingerprint density at radius 2 is 2.00 bits per heavy atom. The Labute approximate surface area is 107 Å². The molecule has 0 aliphatic heterocycles. The molecule has 1 aliphatic rings. The van der Waals surface area contributed by atoms with E-state index in [1.165, 1.54) is 12.8 Å². The number of imidazole rings is 1. The molecule has 5 heteroatoms. The molecular formula is C13H21N5. The molecular weight excluding hydrogens is 226 g/mol. The molecule has 0 bridgehead atoms. The van der Waals surface area contributed by atoms with Crippen LogP contribution in [0, 0.1) is 18.8 Å². The second kappa shape index (κ2) is 3.73. The maximum absolute atomic E-state index is 6.13. The molecule has 0 saturated heterocycles. The van der Waals surface area contributed by atoms with Crippen molar-refractivity contribution < 1.29 is 0 Å². The van der Waals surface area contributed by atoms with Crippen molar-refractivity contribution in [3.05, 3.63) is 5.69 Å². The molecule has 18 heavy (non-hydrogen) atoms. The number of nitrogens with zero attached hydrogens (tertiary/aromatic N) is 4. The number of aromatic nitrogens is 4. The molecule has 2 N–H and O–H groups in total. The number of hydrogen-bond acceptors (Lipinski definition) is 3. The van der Waals surface area contributed by atoms with Crippen molar-refractivity contribution in [1.82, 2.24) is 19.3 Å². The van der Waals surface area contributed by atoms with Gasteiger partial charge in [0, 0.05) is 13.1 Å². The Balaban J connectivity index is 2.19. The van der Waals surface area contributed by atoms with Gasteiger partial charge in [0.15, 0.2) is 5.65 Å². The predicted molar refractivity (Wildman–Crippen MR) is 72.2 cm³/mol. The summed E-state index contributed by atoms with van der Waals surface area (Å²) in [7, 11) is 1.97. The van der Waals surface area contributed by atoms with Crippen LogP contribution in [0.25, 0.3) is 11.2 Å². The van der Waals surface area contributed by atoms with Crippen LogP contribution in [-0.4, -0.2) is 19.3 Å². The van der Waals surface area contributed by atoms with Gasteiger partial charge < -0.3 is 5.73 Å². The number of fused-ring (bicyclic) bond motifs is 1. The van der Waals surface area contributed by atoms with E-state index in [1.54, 1.807) is 0 Å². The molecule has 0 aromatic carbocycles. The summed E-state index contributed by atoms with van der Waals surface area (Å²) in [5.41, 5.74) is 9.10. The third-order valence-electron chi connectivity index (χ3n) is 4.62. The molecule has 98 valence electrons. The molecule has 3 unspecified atom stereocenters. The van der Waals surface area contributed by atoms with E-state index >= 15 is 0 Å². The maximum atomic E-state index is 6.13. The fraction of sp³-hybridized carbons (Fsp3) is 0.692. The lowest BCUT2D eigenvalue weighted by Crippen LogP contribution is -2.18. The van der Waals surface area contributed by atoms with E-state index in [1.807, 2.05) is 18.7 Å². The molecule has 0 spiro atoms. The first-order valence-electron chi connectivity index (χ1n) is 6.67. The highest BCUT2D eigenvalue weighted by Gasteiger charge is 2.34. The molecule has 2 aromatic heterocycles. The molecule has 2 aromatic rings. The Morgan fingerprint density at radius 3 is 2.61 bits per heavy atom. The van der Waals surface area contributed by atoms with Gasteiger partial charge in [0.25, 0.3) is 0 Å². The van der Waals surface area contributed by atoms with Crippen LogP contribution in [0.2, 0.25) is 0 Å². The van der Waals surface area contributed by atoms with Crippen molar-refractivity contribution in [2.75, 3.05) is 5.73 Å². The number of aryl methyl sites for hydroxylation is 2. The smallest absolute Gasteiger partial charge is 0.202 e. The van der Waals surface area contributed by atoms with E-state index in [9.17, 15) is 0 Å². The van der Waals surface area contributed by atoms with Crippen molar-refractivity contribution in [2.24, 2.45) is 18.9 Å². The van der Waals surface area contributed by atoms with Crippen LogP contribution in [0.5, 0.6) is 0 Å². The van der Waals surface area contributed by atoms with Crippen LogP contribution in [0.15, 0.2) is 0 Å². The van der Waals surface area contributed by atoms with E-state index in [-0.39, 0.29) is 0 Å². The number of hydrogen-bond donors (Lipinski definition) is 1. The highest BCUT2D eigenvalue weighted by Crippen LogP contribution is 2.42. The molecule has 3 rings (SSSR count). The Bertz CT molecular complexity index is 594. The largest absolute Gasteiger partial charge is 0.369 e. The average molecular weight is 247 g/mol. The van der Waals surface area contributed by atoms with Crippen LogP contribution >= 0.6 is 0 Å². The molecule has 0 amide bonds. The lowest BCUT2D eigenvalue weighted by atomic mass is 9.98. The first kappa shape index (κ1) is 11.6. The van der Waals surface area contributed by atoms with Crippen molar-refractivity contribution in [3.63, 3.8) is 0 Å². The summed E-state index contributed by atoms with van der Waals surface area (Å²) in [5.74, 6) is 2.02. The fourth-order valence-electron chi connectivity index (χ4n) is 3.34. The van der Waals surface area contributed by atoms with Crippen molar-refractivity contribution in [2.45, 2.75) is 39.7 Å². The number of nitrogen functional groups attached to an aromatic ring is 1. The Hall–Kier alpha value is -1.52. The van der Waals surface area contributed by atoms with Gasteiger partial charge in [-0.3, -0.25) is 9.25 Å². The summed E-state index contributed by atoms with van der Waals surface area (Å²) in [6.07, 6.45) is 2.45. The normalized spacial score (nSPS) is 28.3. The van der Waals surface area contributed by atoms with Crippen LogP contribution in [0.1, 0.15) is 38.4 Å². The highest BCUT2D eigenvalue weighted by molar-refractivity contribution is 5.77. The maximum Gasteiger partial charge on any atom is 0.202 e. The summed E-state index contributed by atoms with van der Waals surface area (Å²) >= 11 is 0. The van der Waals surface area contributed by atoms with Crippen LogP contribution in [0.3, 0.4) is 0 Å². The van der Waals surface area contributed by atoms with Gasteiger partial charge in [-0.25, -0.2) is 4.98 Å². The summed E-state index contributed by atoms with van der Waals surface area (Å²) in [6, 6.07) is 0.458. The molecule has 1 saturated carbocycles. The lowest BCUT2D eigenvalue weighted by Gasteiger charge is -2.21. The zero-order valence-electron chi connectivity index (χ0n) is 11.5. The topological polar surface area (TPSA) is 61.7 Å². The zero-order chi connectivity index (χ0) is 13.0. The molecule has 5 nitrogen and oxygen atoms in total. The Morgan fingerprint density at radius 1 is 1.28 bits per heavy atom. The standard InChI is InChI=1S/C13H21N5/c1-7-5-6-10(8(7)2)18-12-11(15-13(18)14)9(3)16-17(12)4/h7-8,10H,5-6H2,1-4H3,(H2,14,15). The molecule has 2 heterocycles. The van der Waals surface area contributed by atoms with Crippen LogP contribution < -0.4 is 5.73 Å². The summed E-state index contributed by atoms with van der Waals surface area (Å²) in [4.78, 5) is 4.49. The number of anilines is 1.